The minimum absolute atomic E-state index is 0.803. The van der Waals surface area contributed by atoms with E-state index in [9.17, 15) is 0 Å². The Kier molecular flexibility index (Phi) is 6.46. The molecule has 0 atom stereocenters. The zero-order valence-corrected chi connectivity index (χ0v) is 25.0. The van der Waals surface area contributed by atoms with Crippen molar-refractivity contribution in [3.05, 3.63) is 157 Å². The molecule has 3 aromatic heterocycles. The molecule has 3 heterocycles. The van der Waals surface area contributed by atoms with Crippen molar-refractivity contribution in [2.75, 3.05) is 4.90 Å². The standard InChI is InChI=1S/C39H30N6/c1-27-35-37(29-23-25-32(26-24-29)43(30-15-7-3-8-16-30)31-17-9-4-10-18-31)36-28(2)42-45(34-21-13-6-14-22-34)39(36)40-38(35)44(41-27)33-19-11-5-12-20-33/h3-26H,1-2H3. The highest BCUT2D eigenvalue weighted by atomic mass is 15.3. The number of rotatable bonds is 6. The number of aryl methyl sites for hydroxylation is 2. The molecule has 0 spiro atoms. The molecule has 5 aromatic carbocycles. The molecule has 0 fully saturated rings. The Bertz CT molecular complexity index is 2120. The maximum atomic E-state index is 5.28. The second-order valence-corrected chi connectivity index (χ2v) is 11.1. The summed E-state index contributed by atoms with van der Waals surface area (Å²) in [5.41, 5.74) is 10.8. The van der Waals surface area contributed by atoms with Gasteiger partial charge in [0.2, 0.25) is 0 Å². The monoisotopic (exact) mass is 582 g/mol. The summed E-state index contributed by atoms with van der Waals surface area (Å²) in [6.07, 6.45) is 0. The van der Waals surface area contributed by atoms with Crippen molar-refractivity contribution in [1.29, 1.82) is 0 Å². The Morgan fingerprint density at radius 1 is 0.444 bits per heavy atom. The minimum atomic E-state index is 0.803. The van der Waals surface area contributed by atoms with E-state index in [1.165, 1.54) is 0 Å². The number of hydrogen-bond acceptors (Lipinski definition) is 4. The summed E-state index contributed by atoms with van der Waals surface area (Å²) >= 11 is 0. The molecule has 8 aromatic rings. The van der Waals surface area contributed by atoms with Crippen molar-refractivity contribution in [3.8, 4) is 22.5 Å². The van der Waals surface area contributed by atoms with E-state index in [2.05, 4.69) is 116 Å². The van der Waals surface area contributed by atoms with Gasteiger partial charge in [0.05, 0.1) is 33.5 Å². The molecular weight excluding hydrogens is 552 g/mol. The summed E-state index contributed by atoms with van der Waals surface area (Å²) in [4.78, 5) is 7.55. The van der Waals surface area contributed by atoms with E-state index in [0.29, 0.717) is 0 Å². The maximum absolute atomic E-state index is 5.28. The number of pyridine rings is 1. The van der Waals surface area contributed by atoms with E-state index >= 15 is 0 Å². The third kappa shape index (κ3) is 4.55. The lowest BCUT2D eigenvalue weighted by molar-refractivity contribution is 0.863. The predicted octanol–water partition coefficient (Wildman–Crippen LogP) is 9.51. The Morgan fingerprint density at radius 3 is 1.24 bits per heavy atom. The summed E-state index contributed by atoms with van der Waals surface area (Å²) in [5, 5.41) is 12.1. The summed E-state index contributed by atoms with van der Waals surface area (Å²) < 4.78 is 3.90. The molecule has 0 amide bonds. The van der Waals surface area contributed by atoms with E-state index in [0.717, 1.165) is 73.0 Å². The number of benzene rings is 5. The Balaban J connectivity index is 1.38. The molecule has 0 saturated heterocycles. The summed E-state index contributed by atoms with van der Waals surface area (Å²) in [7, 11) is 0. The van der Waals surface area contributed by atoms with Crippen molar-refractivity contribution in [1.82, 2.24) is 24.5 Å². The maximum Gasteiger partial charge on any atom is 0.166 e. The number of anilines is 3. The smallest absolute Gasteiger partial charge is 0.166 e. The van der Waals surface area contributed by atoms with Crippen molar-refractivity contribution >= 4 is 39.1 Å². The first-order chi connectivity index (χ1) is 22.2. The van der Waals surface area contributed by atoms with Gasteiger partial charge in [-0.25, -0.2) is 14.3 Å². The predicted molar refractivity (Wildman–Crippen MR) is 183 cm³/mol. The molecule has 45 heavy (non-hydrogen) atoms. The van der Waals surface area contributed by atoms with Crippen LogP contribution >= 0.6 is 0 Å². The lowest BCUT2D eigenvalue weighted by Crippen LogP contribution is -2.09. The fourth-order valence-electron chi connectivity index (χ4n) is 6.21. The van der Waals surface area contributed by atoms with Crippen LogP contribution in [-0.2, 0) is 0 Å². The Morgan fingerprint density at radius 2 is 0.822 bits per heavy atom. The molecule has 0 aliphatic rings. The second kappa shape index (κ2) is 10.9. The Hall–Kier alpha value is -6.01. The van der Waals surface area contributed by atoms with Gasteiger partial charge < -0.3 is 4.90 Å². The van der Waals surface area contributed by atoms with Crippen LogP contribution in [0.25, 0.3) is 44.6 Å². The van der Waals surface area contributed by atoms with Gasteiger partial charge in [0, 0.05) is 22.6 Å². The van der Waals surface area contributed by atoms with E-state index in [1.54, 1.807) is 0 Å². The number of nitrogens with zero attached hydrogens (tertiary/aromatic N) is 6. The van der Waals surface area contributed by atoms with Gasteiger partial charge in [-0.2, -0.15) is 10.2 Å². The molecule has 0 saturated carbocycles. The van der Waals surface area contributed by atoms with E-state index < -0.39 is 0 Å². The topological polar surface area (TPSA) is 51.8 Å². The van der Waals surface area contributed by atoms with Crippen molar-refractivity contribution in [3.63, 3.8) is 0 Å². The first-order valence-electron chi connectivity index (χ1n) is 15.1. The van der Waals surface area contributed by atoms with E-state index in [4.69, 9.17) is 15.2 Å². The van der Waals surface area contributed by atoms with Gasteiger partial charge in [-0.15, -0.1) is 0 Å². The van der Waals surface area contributed by atoms with Crippen LogP contribution in [0.2, 0.25) is 0 Å². The Labute approximate surface area is 261 Å². The van der Waals surface area contributed by atoms with E-state index in [1.807, 2.05) is 57.9 Å². The molecule has 216 valence electrons. The zero-order valence-electron chi connectivity index (χ0n) is 25.0. The fraction of sp³-hybridized carbons (Fsp3) is 0.0513. The number of hydrogen-bond donors (Lipinski definition) is 0. The van der Waals surface area contributed by atoms with Crippen molar-refractivity contribution < 1.29 is 0 Å². The van der Waals surface area contributed by atoms with Crippen molar-refractivity contribution in [2.45, 2.75) is 13.8 Å². The molecule has 6 heteroatoms. The third-order valence-electron chi connectivity index (χ3n) is 8.23. The number of fused-ring (bicyclic) bond motifs is 2. The van der Waals surface area contributed by atoms with Gasteiger partial charge >= 0.3 is 0 Å². The van der Waals surface area contributed by atoms with Crippen LogP contribution in [0, 0.1) is 13.8 Å². The first-order valence-corrected chi connectivity index (χ1v) is 15.1. The van der Waals surface area contributed by atoms with Crippen LogP contribution < -0.4 is 4.90 Å². The molecule has 0 aliphatic carbocycles. The normalized spacial score (nSPS) is 11.3. The highest BCUT2D eigenvalue weighted by Gasteiger charge is 2.24. The highest BCUT2D eigenvalue weighted by Crippen LogP contribution is 2.41. The molecule has 0 bridgehead atoms. The average Bonchev–Trinajstić information content (AvgIpc) is 3.62. The van der Waals surface area contributed by atoms with Crippen LogP contribution in [0.3, 0.4) is 0 Å². The van der Waals surface area contributed by atoms with Gasteiger partial charge in [0.15, 0.2) is 11.3 Å². The lowest BCUT2D eigenvalue weighted by Gasteiger charge is -2.25. The van der Waals surface area contributed by atoms with Crippen LogP contribution in [-0.4, -0.2) is 24.5 Å². The quantitative estimate of drug-likeness (QED) is 0.196. The largest absolute Gasteiger partial charge is 0.311 e. The van der Waals surface area contributed by atoms with Crippen molar-refractivity contribution in [2.24, 2.45) is 0 Å². The summed E-state index contributed by atoms with van der Waals surface area (Å²) in [6.45, 7) is 4.13. The summed E-state index contributed by atoms with van der Waals surface area (Å²) in [5.74, 6) is 0. The number of aromatic nitrogens is 5. The van der Waals surface area contributed by atoms with Crippen LogP contribution in [0.4, 0.5) is 17.1 Å². The average molecular weight is 583 g/mol. The molecule has 8 rings (SSSR count). The van der Waals surface area contributed by atoms with Crippen LogP contribution in [0.5, 0.6) is 0 Å². The van der Waals surface area contributed by atoms with Crippen LogP contribution in [0.15, 0.2) is 146 Å². The van der Waals surface area contributed by atoms with Crippen LogP contribution in [0.1, 0.15) is 11.4 Å². The second-order valence-electron chi connectivity index (χ2n) is 11.1. The first kappa shape index (κ1) is 26.6. The summed E-state index contributed by atoms with van der Waals surface area (Å²) in [6, 6.07) is 50.2. The molecule has 0 radical (unpaired) electrons. The van der Waals surface area contributed by atoms with Gasteiger partial charge in [0.1, 0.15) is 0 Å². The molecule has 0 N–H and O–H groups in total. The highest BCUT2D eigenvalue weighted by molar-refractivity contribution is 6.10. The molecule has 0 aliphatic heterocycles. The third-order valence-corrected chi connectivity index (χ3v) is 8.23. The SMILES string of the molecule is Cc1nn(-c2ccccc2)c2nc3c(c(C)nn3-c3ccccc3)c(-c3ccc(N(c4ccccc4)c4ccccc4)cc3)c12. The van der Waals surface area contributed by atoms with Gasteiger partial charge in [0.25, 0.3) is 0 Å². The lowest BCUT2D eigenvalue weighted by atomic mass is 9.97. The zero-order chi connectivity index (χ0) is 30.3. The van der Waals surface area contributed by atoms with Gasteiger partial charge in [-0.05, 0) is 80.1 Å². The minimum Gasteiger partial charge on any atom is -0.311 e. The number of para-hydroxylation sites is 4. The van der Waals surface area contributed by atoms with Gasteiger partial charge in [-0.1, -0.05) is 84.9 Å². The van der Waals surface area contributed by atoms with E-state index in [-0.39, 0.29) is 0 Å². The van der Waals surface area contributed by atoms with Gasteiger partial charge in [-0.3, -0.25) is 0 Å². The fourth-order valence-corrected chi connectivity index (χ4v) is 6.21. The molecule has 6 nitrogen and oxygen atoms in total. The molecule has 0 unspecified atom stereocenters. The molecular formula is C39H30N6.